The number of Topliss-reactive ketones (excluding diaryl/α,β-unsaturated/α-hetero) is 1. The summed E-state index contributed by atoms with van der Waals surface area (Å²) in [6.07, 6.45) is 10.9. The third-order valence-electron chi connectivity index (χ3n) is 6.66. The quantitative estimate of drug-likeness (QED) is 0.403. The minimum Gasteiger partial charge on any atom is -0.493 e. The summed E-state index contributed by atoms with van der Waals surface area (Å²) in [5.74, 6) is 3.83. The third kappa shape index (κ3) is 5.37. The summed E-state index contributed by atoms with van der Waals surface area (Å²) >= 11 is 0. The maximum Gasteiger partial charge on any atom is 0.204 e. The van der Waals surface area contributed by atoms with E-state index in [0.29, 0.717) is 41.1 Å². The first-order valence-electron chi connectivity index (χ1n) is 12.1. The van der Waals surface area contributed by atoms with Gasteiger partial charge in [0.05, 0.1) is 25.3 Å². The zero-order valence-electron chi connectivity index (χ0n) is 20.0. The van der Waals surface area contributed by atoms with Gasteiger partial charge in [-0.25, -0.2) is 4.98 Å². The molecule has 8 heteroatoms. The average Bonchev–Trinajstić information content (AvgIpc) is 3.23. The number of ether oxygens (including phenoxy) is 2. The summed E-state index contributed by atoms with van der Waals surface area (Å²) in [7, 11) is 3.23. The van der Waals surface area contributed by atoms with Crippen LogP contribution in [0.4, 0.5) is 5.82 Å². The van der Waals surface area contributed by atoms with Crippen molar-refractivity contribution in [3.05, 3.63) is 18.0 Å². The maximum atomic E-state index is 12.3. The number of methoxy groups -OCH3 is 2. The molecular weight excluding hydrogens is 418 g/mol. The molecule has 0 saturated heterocycles. The topological polar surface area (TPSA) is 90.6 Å². The number of benzene rings is 1. The fourth-order valence-corrected chi connectivity index (χ4v) is 4.87. The highest BCUT2D eigenvalue weighted by atomic mass is 16.5. The van der Waals surface area contributed by atoms with Crippen molar-refractivity contribution >= 4 is 28.3 Å². The minimum absolute atomic E-state index is 0.441. The number of nitrogens with zero attached hydrogens (tertiary/aromatic N) is 4. The second-order valence-electron chi connectivity index (χ2n) is 9.05. The average molecular weight is 454 g/mol. The standard InChI is InChI=1S/C25H35N5O3/c1-17-28-29-25-24(27-20-15-22(32-2)23(33-3)16-21(20)30(17)25)26-13-9-5-8-12-19(31)14-18-10-6-4-7-11-18/h15-16,18H,4-14H2,1-3H3,(H,26,27). The predicted octanol–water partition coefficient (Wildman–Crippen LogP) is 5.11. The van der Waals surface area contributed by atoms with Gasteiger partial charge < -0.3 is 14.8 Å². The lowest BCUT2D eigenvalue weighted by Crippen LogP contribution is -2.12. The van der Waals surface area contributed by atoms with E-state index in [2.05, 4.69) is 15.5 Å². The molecule has 0 spiro atoms. The van der Waals surface area contributed by atoms with Crippen LogP contribution in [0, 0.1) is 12.8 Å². The van der Waals surface area contributed by atoms with Crippen LogP contribution in [0.25, 0.3) is 16.7 Å². The molecule has 33 heavy (non-hydrogen) atoms. The van der Waals surface area contributed by atoms with Gasteiger partial charge >= 0.3 is 0 Å². The lowest BCUT2D eigenvalue weighted by atomic mass is 9.85. The van der Waals surface area contributed by atoms with Crippen LogP contribution in [-0.2, 0) is 4.79 Å². The van der Waals surface area contributed by atoms with Gasteiger partial charge in [-0.3, -0.25) is 9.20 Å². The van der Waals surface area contributed by atoms with E-state index >= 15 is 0 Å². The molecule has 1 N–H and O–H groups in total. The lowest BCUT2D eigenvalue weighted by Gasteiger charge is -2.20. The number of ketones is 1. The number of anilines is 1. The van der Waals surface area contributed by atoms with Crippen molar-refractivity contribution in [1.82, 2.24) is 19.6 Å². The summed E-state index contributed by atoms with van der Waals surface area (Å²) < 4.78 is 12.9. The molecule has 1 saturated carbocycles. The normalized spacial score (nSPS) is 14.6. The summed E-state index contributed by atoms with van der Waals surface area (Å²) in [5, 5.41) is 12.0. The Hall–Kier alpha value is -2.90. The van der Waals surface area contributed by atoms with E-state index in [4.69, 9.17) is 14.5 Å². The monoisotopic (exact) mass is 453 g/mol. The van der Waals surface area contributed by atoms with Crippen molar-refractivity contribution in [2.24, 2.45) is 5.92 Å². The van der Waals surface area contributed by atoms with Crippen molar-refractivity contribution in [3.8, 4) is 11.5 Å². The first-order chi connectivity index (χ1) is 16.1. The molecule has 0 amide bonds. The molecule has 0 unspecified atom stereocenters. The third-order valence-corrected chi connectivity index (χ3v) is 6.66. The summed E-state index contributed by atoms with van der Waals surface area (Å²) in [5.41, 5.74) is 2.33. The molecule has 8 nitrogen and oxygen atoms in total. The fourth-order valence-electron chi connectivity index (χ4n) is 4.87. The Labute approximate surface area is 195 Å². The van der Waals surface area contributed by atoms with Crippen molar-refractivity contribution in [2.75, 3.05) is 26.1 Å². The number of rotatable bonds is 11. The molecular formula is C25H35N5O3. The van der Waals surface area contributed by atoms with Crippen LogP contribution in [0.3, 0.4) is 0 Å². The van der Waals surface area contributed by atoms with E-state index in [9.17, 15) is 4.79 Å². The predicted molar refractivity (Wildman–Crippen MR) is 129 cm³/mol. The number of aromatic nitrogens is 4. The van der Waals surface area contributed by atoms with Gasteiger partial charge in [-0.2, -0.15) is 0 Å². The van der Waals surface area contributed by atoms with Gasteiger partial charge in [0.15, 0.2) is 17.3 Å². The smallest absolute Gasteiger partial charge is 0.204 e. The van der Waals surface area contributed by atoms with Crippen LogP contribution >= 0.6 is 0 Å². The Morgan fingerprint density at radius 1 is 1.06 bits per heavy atom. The number of fused-ring (bicyclic) bond motifs is 3. The largest absolute Gasteiger partial charge is 0.493 e. The van der Waals surface area contributed by atoms with Crippen LogP contribution in [0.5, 0.6) is 11.5 Å². The Bertz CT molecular complexity index is 1100. The van der Waals surface area contributed by atoms with Crippen molar-refractivity contribution in [2.45, 2.75) is 71.1 Å². The van der Waals surface area contributed by atoms with E-state index in [1.165, 1.54) is 32.1 Å². The number of aryl methyl sites for hydroxylation is 1. The first kappa shape index (κ1) is 23.3. The van der Waals surface area contributed by atoms with Gasteiger partial charge in [-0.15, -0.1) is 10.2 Å². The highest BCUT2D eigenvalue weighted by Gasteiger charge is 2.17. The molecule has 178 valence electrons. The highest BCUT2D eigenvalue weighted by molar-refractivity contribution is 5.86. The van der Waals surface area contributed by atoms with E-state index < -0.39 is 0 Å². The minimum atomic E-state index is 0.441. The number of nitrogens with one attached hydrogen (secondary N) is 1. The van der Waals surface area contributed by atoms with Crippen LogP contribution in [0.15, 0.2) is 12.1 Å². The van der Waals surface area contributed by atoms with Gasteiger partial charge in [-0.1, -0.05) is 38.5 Å². The van der Waals surface area contributed by atoms with E-state index in [1.54, 1.807) is 14.2 Å². The molecule has 0 radical (unpaired) electrons. The van der Waals surface area contributed by atoms with Crippen LogP contribution in [0.1, 0.15) is 70.0 Å². The van der Waals surface area contributed by atoms with E-state index in [1.807, 2.05) is 23.5 Å². The van der Waals surface area contributed by atoms with Gasteiger partial charge in [0.25, 0.3) is 0 Å². The number of hydrogen-bond acceptors (Lipinski definition) is 7. The first-order valence-corrected chi connectivity index (χ1v) is 12.1. The van der Waals surface area contributed by atoms with Gasteiger partial charge in [0, 0.05) is 31.5 Å². The number of carbonyl (C=O) groups is 1. The molecule has 1 aliphatic rings. The number of hydrogen-bond donors (Lipinski definition) is 1. The molecule has 3 aromatic rings. The van der Waals surface area contributed by atoms with Gasteiger partial charge in [0.1, 0.15) is 11.6 Å². The lowest BCUT2D eigenvalue weighted by molar-refractivity contribution is -0.120. The second-order valence-corrected chi connectivity index (χ2v) is 9.05. The molecule has 0 bridgehead atoms. The van der Waals surface area contributed by atoms with Crippen molar-refractivity contribution < 1.29 is 14.3 Å². The van der Waals surface area contributed by atoms with Gasteiger partial charge in [-0.05, 0) is 25.7 Å². The molecule has 1 aliphatic carbocycles. The summed E-state index contributed by atoms with van der Waals surface area (Å²) in [6.45, 7) is 2.69. The molecule has 2 aromatic heterocycles. The highest BCUT2D eigenvalue weighted by Crippen LogP contribution is 2.33. The zero-order valence-corrected chi connectivity index (χ0v) is 20.0. The molecule has 1 fully saturated rings. The number of carbonyl (C=O) groups excluding carboxylic acids is 1. The van der Waals surface area contributed by atoms with E-state index in [-0.39, 0.29) is 0 Å². The van der Waals surface area contributed by atoms with Crippen molar-refractivity contribution in [3.63, 3.8) is 0 Å². The van der Waals surface area contributed by atoms with E-state index in [0.717, 1.165) is 49.1 Å². The molecule has 2 heterocycles. The van der Waals surface area contributed by atoms with Crippen LogP contribution in [0.2, 0.25) is 0 Å². The molecule has 0 aliphatic heterocycles. The maximum absolute atomic E-state index is 12.3. The Kier molecular flexibility index (Phi) is 7.62. The SMILES string of the molecule is COc1cc2nc(NCCCCCC(=O)CC3CCCCC3)c3nnc(C)n3c2cc1OC. The molecule has 4 rings (SSSR count). The van der Waals surface area contributed by atoms with Gasteiger partial charge in [0.2, 0.25) is 5.65 Å². The Morgan fingerprint density at radius 2 is 1.82 bits per heavy atom. The Morgan fingerprint density at radius 3 is 2.58 bits per heavy atom. The van der Waals surface area contributed by atoms with Crippen LogP contribution < -0.4 is 14.8 Å². The summed E-state index contributed by atoms with van der Waals surface area (Å²) in [6, 6.07) is 3.77. The number of unbranched alkanes of at least 4 members (excludes halogenated alkanes) is 2. The van der Waals surface area contributed by atoms with Crippen LogP contribution in [-0.4, -0.2) is 46.1 Å². The molecule has 1 aromatic carbocycles. The second kappa shape index (κ2) is 10.8. The fraction of sp³-hybridized carbons (Fsp3) is 0.600. The zero-order chi connectivity index (χ0) is 23.2. The van der Waals surface area contributed by atoms with Crippen molar-refractivity contribution in [1.29, 1.82) is 0 Å². The Balaban J connectivity index is 1.35. The molecule has 0 atom stereocenters. The summed E-state index contributed by atoms with van der Waals surface area (Å²) in [4.78, 5) is 17.1.